The molecule has 1 unspecified atom stereocenters. The van der Waals surface area contributed by atoms with Crippen molar-refractivity contribution >= 4 is 19.4 Å². The predicted octanol–water partition coefficient (Wildman–Crippen LogP) is 4.10. The molecule has 0 spiro atoms. The molecule has 3 rings (SSSR count). The average Bonchev–Trinajstić information content (AvgIpc) is 2.62. The molecule has 0 aliphatic heterocycles. The first-order valence-corrected chi connectivity index (χ1v) is 9.42. The van der Waals surface area contributed by atoms with Crippen LogP contribution in [0.5, 0.6) is 0 Å². The molecule has 1 atom stereocenters. The molecule has 0 heterocycles. The van der Waals surface area contributed by atoms with Gasteiger partial charge in [0.05, 0.1) is 10.1 Å². The van der Waals surface area contributed by atoms with E-state index in [0.717, 1.165) is 11.1 Å². The van der Waals surface area contributed by atoms with Gasteiger partial charge in [-0.2, -0.15) is 8.42 Å². The summed E-state index contributed by atoms with van der Waals surface area (Å²) >= 11 is 0. The van der Waals surface area contributed by atoms with Crippen LogP contribution in [0.2, 0.25) is 0 Å². The van der Waals surface area contributed by atoms with Gasteiger partial charge in [0.2, 0.25) is 0 Å². The predicted molar refractivity (Wildman–Crippen MR) is 98.7 cm³/mol. The summed E-state index contributed by atoms with van der Waals surface area (Å²) in [6.45, 7) is 0. The lowest BCUT2D eigenvalue weighted by Gasteiger charge is -2.32. The largest absolute Gasteiger partial charge is 0.294 e. The van der Waals surface area contributed by atoms with Crippen molar-refractivity contribution in [2.24, 2.45) is 0 Å². The van der Waals surface area contributed by atoms with E-state index in [9.17, 15) is 13.0 Å². The Morgan fingerprint density at radius 3 is 1.58 bits per heavy atom. The summed E-state index contributed by atoms with van der Waals surface area (Å²) in [5, 5.41) is -0.797. The number of hydrogen-bond acceptors (Lipinski definition) is 2. The van der Waals surface area contributed by atoms with Crippen LogP contribution in [-0.2, 0) is 15.3 Å². The molecule has 0 bridgehead atoms. The van der Waals surface area contributed by atoms with Gasteiger partial charge in [0.1, 0.15) is 0 Å². The van der Waals surface area contributed by atoms with E-state index in [1.807, 2.05) is 60.7 Å². The van der Waals surface area contributed by atoms with Crippen molar-refractivity contribution in [3.05, 3.63) is 102 Å². The monoisotopic (exact) mass is 356 g/mol. The van der Waals surface area contributed by atoms with Gasteiger partial charge < -0.3 is 0 Å². The molecule has 3 nitrogen and oxygen atoms in total. The van der Waals surface area contributed by atoms with E-state index in [-0.39, 0.29) is 4.90 Å². The Morgan fingerprint density at radius 2 is 1.12 bits per heavy atom. The fourth-order valence-corrected chi connectivity index (χ4v) is 4.40. The maximum absolute atomic E-state index is 11.9. The third-order valence-corrected chi connectivity index (χ3v) is 5.94. The minimum Gasteiger partial charge on any atom is -0.282 e. The zero-order valence-corrected chi connectivity index (χ0v) is 14.8. The smallest absolute Gasteiger partial charge is 0.282 e. The van der Waals surface area contributed by atoms with Gasteiger partial charge in [-0.1, -0.05) is 78.9 Å². The van der Waals surface area contributed by atoms with Crippen LogP contribution in [0.15, 0.2) is 89.8 Å². The van der Waals surface area contributed by atoms with Gasteiger partial charge in [0, 0.05) is 0 Å². The minimum atomic E-state index is -4.35. The summed E-state index contributed by atoms with van der Waals surface area (Å²) in [5.41, 5.74) is 2.34. The Morgan fingerprint density at radius 1 is 0.708 bits per heavy atom. The highest BCUT2D eigenvalue weighted by Crippen LogP contribution is 2.46. The number of rotatable bonds is 4. The first-order valence-electron chi connectivity index (χ1n) is 7.41. The first-order chi connectivity index (χ1) is 11.4. The Hall–Kier alpha value is -2.00. The van der Waals surface area contributed by atoms with E-state index >= 15 is 0 Å². The van der Waals surface area contributed by atoms with Crippen LogP contribution in [-0.4, -0.2) is 13.0 Å². The van der Waals surface area contributed by atoms with Crippen LogP contribution in [0.25, 0.3) is 0 Å². The Labute approximate surface area is 144 Å². The summed E-state index contributed by atoms with van der Waals surface area (Å²) in [5.74, 6) is 0. The summed E-state index contributed by atoms with van der Waals surface area (Å²) in [7, 11) is -1.57. The lowest BCUT2D eigenvalue weighted by Crippen LogP contribution is -2.24. The Bertz CT molecular complexity index is 899. The van der Waals surface area contributed by atoms with E-state index in [2.05, 4.69) is 9.24 Å². The third kappa shape index (κ3) is 3.01. The summed E-state index contributed by atoms with van der Waals surface area (Å²) in [6.07, 6.45) is 0. The molecule has 0 saturated carbocycles. The number of hydrogen-bond donors (Lipinski definition) is 1. The Balaban J connectivity index is 2.37. The quantitative estimate of drug-likeness (QED) is 0.435. The average molecular weight is 356 g/mol. The van der Waals surface area contributed by atoms with E-state index in [0.29, 0.717) is 5.56 Å². The van der Waals surface area contributed by atoms with Crippen LogP contribution in [0.4, 0.5) is 0 Å². The SMILES string of the molecule is O=S(=O)(O)c1ccccc1C(P)(c1ccccc1)c1ccccc1. The third-order valence-electron chi connectivity index (χ3n) is 4.05. The van der Waals surface area contributed by atoms with Gasteiger partial charge in [0.25, 0.3) is 10.1 Å². The molecule has 0 fully saturated rings. The first kappa shape index (κ1) is 16.8. The van der Waals surface area contributed by atoms with Crippen LogP contribution in [0.1, 0.15) is 16.7 Å². The second kappa shape index (κ2) is 6.48. The summed E-state index contributed by atoms with van der Waals surface area (Å²) < 4.78 is 33.5. The molecule has 3 aromatic carbocycles. The van der Waals surface area contributed by atoms with Crippen molar-refractivity contribution in [3.8, 4) is 0 Å². The van der Waals surface area contributed by atoms with Crippen molar-refractivity contribution in [3.63, 3.8) is 0 Å². The molecule has 1 N–H and O–H groups in total. The van der Waals surface area contributed by atoms with E-state index < -0.39 is 15.3 Å². The normalized spacial score (nSPS) is 12.1. The summed E-state index contributed by atoms with van der Waals surface area (Å²) in [6, 6.07) is 25.8. The molecule has 0 aliphatic carbocycles. The molecule has 5 heteroatoms. The van der Waals surface area contributed by atoms with Gasteiger partial charge in [-0.25, -0.2) is 0 Å². The molecule has 0 amide bonds. The van der Waals surface area contributed by atoms with Crippen molar-refractivity contribution < 1.29 is 13.0 Å². The molecular weight excluding hydrogens is 339 g/mol. The lowest BCUT2D eigenvalue weighted by molar-refractivity contribution is 0.481. The van der Waals surface area contributed by atoms with Gasteiger partial charge in [0.15, 0.2) is 0 Å². The topological polar surface area (TPSA) is 54.4 Å². The highest BCUT2D eigenvalue weighted by Gasteiger charge is 2.35. The maximum Gasteiger partial charge on any atom is 0.294 e. The minimum absolute atomic E-state index is 0.0901. The molecule has 0 radical (unpaired) electrons. The molecular formula is C19H17O3PS. The summed E-state index contributed by atoms with van der Waals surface area (Å²) in [4.78, 5) is -0.0901. The van der Waals surface area contributed by atoms with Crippen LogP contribution < -0.4 is 0 Å². The molecule has 0 saturated heterocycles. The molecule has 0 aliphatic rings. The molecule has 24 heavy (non-hydrogen) atoms. The maximum atomic E-state index is 11.9. The van der Waals surface area contributed by atoms with E-state index in [4.69, 9.17) is 0 Å². The molecule has 0 aromatic heterocycles. The highest BCUT2D eigenvalue weighted by atomic mass is 32.2. The van der Waals surface area contributed by atoms with Crippen LogP contribution in [0.3, 0.4) is 0 Å². The van der Waals surface area contributed by atoms with E-state index in [1.54, 1.807) is 18.2 Å². The van der Waals surface area contributed by atoms with Gasteiger partial charge in [-0.3, -0.25) is 4.55 Å². The Kier molecular flexibility index (Phi) is 4.55. The second-order valence-corrected chi connectivity index (χ2v) is 7.77. The van der Waals surface area contributed by atoms with Gasteiger partial charge >= 0.3 is 0 Å². The van der Waals surface area contributed by atoms with Crippen molar-refractivity contribution in [2.75, 3.05) is 0 Å². The van der Waals surface area contributed by atoms with Crippen molar-refractivity contribution in [1.29, 1.82) is 0 Å². The van der Waals surface area contributed by atoms with Gasteiger partial charge in [-0.15, -0.1) is 9.24 Å². The lowest BCUT2D eigenvalue weighted by atomic mass is 9.84. The van der Waals surface area contributed by atoms with Crippen molar-refractivity contribution in [1.82, 2.24) is 0 Å². The zero-order chi connectivity index (χ0) is 17.2. The van der Waals surface area contributed by atoms with Crippen LogP contribution >= 0.6 is 9.24 Å². The fourth-order valence-electron chi connectivity index (χ4n) is 2.90. The standard InChI is InChI=1S/C19H17O3PS/c20-24(21,22)18-14-8-7-13-17(18)19(23,15-9-3-1-4-10-15)16-11-5-2-6-12-16/h1-14H,23H2,(H,20,21,22). The zero-order valence-electron chi connectivity index (χ0n) is 12.8. The van der Waals surface area contributed by atoms with Crippen LogP contribution in [0, 0.1) is 0 Å². The van der Waals surface area contributed by atoms with Gasteiger partial charge in [-0.05, 0) is 22.8 Å². The van der Waals surface area contributed by atoms with Crippen molar-refractivity contribution in [2.45, 2.75) is 10.1 Å². The second-order valence-electron chi connectivity index (χ2n) is 5.51. The van der Waals surface area contributed by atoms with E-state index in [1.165, 1.54) is 6.07 Å². The fraction of sp³-hybridized carbons (Fsp3) is 0.0526. The molecule has 3 aromatic rings. The molecule has 122 valence electrons. The highest BCUT2D eigenvalue weighted by molar-refractivity contribution is 7.85. The number of benzene rings is 3.